The van der Waals surface area contributed by atoms with Gasteiger partial charge in [0.1, 0.15) is 78.8 Å². The zero-order chi connectivity index (χ0) is 50.1. The average Bonchev–Trinajstić information content (AvgIpc) is 3.91. The third kappa shape index (κ3) is 8.14. The third-order valence-corrected chi connectivity index (χ3v) is 17.6. The molecule has 0 bridgehead atoms. The lowest BCUT2D eigenvalue weighted by Gasteiger charge is -2.57. The Kier molecular flexibility index (Phi) is 14.1. The first kappa shape index (κ1) is 51.7. The van der Waals surface area contributed by atoms with E-state index in [1.807, 2.05) is 19.9 Å². The predicted octanol–water partition coefficient (Wildman–Crippen LogP) is -4.28. The highest BCUT2D eigenvalue weighted by Crippen LogP contribution is 2.64. The molecule has 0 radical (unpaired) electrons. The highest BCUT2D eigenvalue weighted by molar-refractivity contribution is 6.04. The third-order valence-electron chi connectivity index (χ3n) is 17.6. The van der Waals surface area contributed by atoms with Crippen LogP contribution in [0, 0.1) is 35.0 Å². The topological polar surface area (TPSA) is 352 Å². The smallest absolute Gasteiger partial charge is 0.201 e. The summed E-state index contributed by atoms with van der Waals surface area (Å²) in [4.78, 5) is 14.7. The van der Waals surface area contributed by atoms with Crippen molar-refractivity contribution >= 4 is 5.78 Å². The van der Waals surface area contributed by atoms with Crippen molar-refractivity contribution in [3.8, 4) is 0 Å². The van der Waals surface area contributed by atoms with E-state index in [1.165, 1.54) is 6.92 Å². The molecule has 10 rings (SSSR count). The van der Waals surface area contributed by atoms with Gasteiger partial charge >= 0.3 is 0 Å². The van der Waals surface area contributed by atoms with Crippen LogP contribution in [0.25, 0.3) is 0 Å². The first-order valence-corrected chi connectivity index (χ1v) is 24.7. The van der Waals surface area contributed by atoms with Gasteiger partial charge < -0.3 is 109 Å². The number of rotatable bonds is 9. The van der Waals surface area contributed by atoms with Crippen molar-refractivity contribution in [2.45, 2.75) is 194 Å². The standard InChI is InChI=1S/C47H70O23/c1-16-11-64-47(39(58)29(16)52)17(2)27-22-7-8-23-21(28(22)32(55)36(27)70-47)6-5-19-9-20(49)10-26(45(19,23)4)66-43-38(35(25(51)13-62-43)67-41-33(56)31(54)24(50)12-61-41)69-42-34(57)37(30(53)18(3)65-42)68-44-40(59)46(60,14-48)15-63-44/h5,16-18,20-21,23-27,29-31,33-44,48-54,56-60H,6-15H2,1-4H3/t16-,17-,18-,20+,21+,23-,24+,25-,26+,27+,29+,30-,31-,33+,34+,35-,36+,37+,38+,39-,40-,41-,42-,43-,44-,45-,46+,47-/m0/s1. The number of fused-ring (bicyclic) bond motifs is 6. The lowest BCUT2D eigenvalue weighted by Crippen LogP contribution is -2.65. The zero-order valence-corrected chi connectivity index (χ0v) is 39.4. The number of ether oxygens (including phenoxy) is 10. The first-order valence-electron chi connectivity index (χ1n) is 24.7. The predicted molar refractivity (Wildman–Crippen MR) is 229 cm³/mol. The molecule has 23 nitrogen and oxygen atoms in total. The van der Waals surface area contributed by atoms with Gasteiger partial charge in [-0.05, 0) is 44.4 Å². The number of carbonyl (C=O) groups is 1. The van der Waals surface area contributed by atoms with E-state index < -0.39 is 172 Å². The minimum Gasteiger partial charge on any atom is -0.393 e. The van der Waals surface area contributed by atoms with E-state index in [-0.39, 0.29) is 42.5 Å². The molecule has 6 aliphatic heterocycles. The molecule has 396 valence electrons. The molecule has 0 aromatic rings. The maximum absolute atomic E-state index is 14.7. The van der Waals surface area contributed by atoms with Crippen molar-refractivity contribution in [2.75, 3.05) is 33.0 Å². The summed E-state index contributed by atoms with van der Waals surface area (Å²) in [6, 6.07) is 0. The van der Waals surface area contributed by atoms with Gasteiger partial charge in [-0.25, -0.2) is 0 Å². The van der Waals surface area contributed by atoms with Gasteiger partial charge in [0.15, 0.2) is 30.9 Å². The van der Waals surface area contributed by atoms with Crippen LogP contribution in [-0.4, -0.2) is 234 Å². The van der Waals surface area contributed by atoms with Gasteiger partial charge in [0.05, 0.1) is 57.5 Å². The molecule has 12 N–H and O–H groups in total. The largest absolute Gasteiger partial charge is 0.393 e. The van der Waals surface area contributed by atoms with Crippen LogP contribution in [0.1, 0.15) is 59.8 Å². The molecule has 0 unspecified atom stereocenters. The summed E-state index contributed by atoms with van der Waals surface area (Å²) in [5, 5.41) is 131. The number of hydrogen-bond acceptors (Lipinski definition) is 23. The molecule has 28 atom stereocenters. The van der Waals surface area contributed by atoms with Crippen molar-refractivity contribution in [3.05, 3.63) is 22.8 Å². The van der Waals surface area contributed by atoms with Gasteiger partial charge in [-0.1, -0.05) is 38.0 Å². The second-order valence-corrected chi connectivity index (χ2v) is 21.7. The zero-order valence-electron chi connectivity index (χ0n) is 39.4. The van der Waals surface area contributed by atoms with Gasteiger partial charge in [-0.15, -0.1) is 0 Å². The fourth-order valence-corrected chi connectivity index (χ4v) is 13.4. The van der Waals surface area contributed by atoms with Crippen LogP contribution in [0.5, 0.6) is 0 Å². The minimum atomic E-state index is -2.10. The first-order chi connectivity index (χ1) is 33.1. The van der Waals surface area contributed by atoms with E-state index in [9.17, 15) is 66.1 Å². The molecule has 7 fully saturated rings. The quantitative estimate of drug-likeness (QED) is 0.0973. The Morgan fingerprint density at radius 3 is 2.17 bits per heavy atom. The molecule has 0 aromatic heterocycles. The van der Waals surface area contributed by atoms with Crippen molar-refractivity contribution in [1.82, 2.24) is 0 Å². The monoisotopic (exact) mass is 1000 g/mol. The van der Waals surface area contributed by atoms with Crippen LogP contribution in [0.3, 0.4) is 0 Å². The van der Waals surface area contributed by atoms with Crippen LogP contribution in [0.2, 0.25) is 0 Å². The van der Waals surface area contributed by atoms with Crippen LogP contribution in [0.4, 0.5) is 0 Å². The Labute approximate surface area is 403 Å². The van der Waals surface area contributed by atoms with Gasteiger partial charge in [0.25, 0.3) is 0 Å². The van der Waals surface area contributed by atoms with Crippen molar-refractivity contribution in [1.29, 1.82) is 0 Å². The van der Waals surface area contributed by atoms with Crippen LogP contribution in [-0.2, 0) is 52.2 Å². The van der Waals surface area contributed by atoms with Gasteiger partial charge in [0, 0.05) is 35.2 Å². The van der Waals surface area contributed by atoms with E-state index in [2.05, 4.69) is 0 Å². The van der Waals surface area contributed by atoms with Crippen molar-refractivity contribution < 1.29 is 113 Å². The van der Waals surface area contributed by atoms with Crippen molar-refractivity contribution in [3.63, 3.8) is 0 Å². The summed E-state index contributed by atoms with van der Waals surface area (Å²) >= 11 is 0. The second kappa shape index (κ2) is 19.1. The molecule has 1 spiro atoms. The molecule has 70 heavy (non-hydrogen) atoms. The average molecular weight is 1000 g/mol. The summed E-state index contributed by atoms with van der Waals surface area (Å²) in [6.07, 6.45) is -25.2. The lowest BCUT2D eigenvalue weighted by molar-refractivity contribution is -0.387. The second-order valence-electron chi connectivity index (χ2n) is 21.7. The van der Waals surface area contributed by atoms with Crippen molar-refractivity contribution in [2.24, 2.45) is 35.0 Å². The number of carbonyl (C=O) groups excluding carboxylic acids is 1. The number of hydrogen-bond donors (Lipinski definition) is 12. The van der Waals surface area contributed by atoms with E-state index in [1.54, 1.807) is 6.92 Å². The summed E-state index contributed by atoms with van der Waals surface area (Å²) < 4.78 is 61.2. The maximum atomic E-state index is 14.7. The fourth-order valence-electron chi connectivity index (χ4n) is 13.4. The SMILES string of the molecule is C[C@@H]1O[C@@H](O[C@H]2[C@H](O[C@@H]3C[C@H](O)CC4=CC[C@H]5C6=C(CC[C@@H]5[C@]43C)[C@@H]3[C@@H](O[C@@]4(OC[C@H](C)[C@@H](O)[C@@H]4O)[C@H]3C)C6=O)OC[C@H](O)[C@@H]2O[C@@H]2OC[C@@H](O)[C@H](O)[C@H]2O)[C@H](O)[C@H](O[C@@H]2OC[C@](O)(CO)[C@H]2O)[C@H]1O. The molecule has 6 saturated heterocycles. The fraction of sp³-hybridized carbons (Fsp3) is 0.894. The normalized spacial score (nSPS) is 55.8. The Balaban J connectivity index is 0.943. The number of ketones is 1. The highest BCUT2D eigenvalue weighted by Gasteiger charge is 2.68. The Morgan fingerprint density at radius 1 is 0.743 bits per heavy atom. The molecular weight excluding hydrogens is 932 g/mol. The van der Waals surface area contributed by atoms with Gasteiger partial charge in [-0.2, -0.15) is 0 Å². The highest BCUT2D eigenvalue weighted by atomic mass is 16.8. The molecule has 23 heteroatoms. The molecule has 4 aliphatic carbocycles. The van der Waals surface area contributed by atoms with E-state index in [0.717, 1.165) is 11.1 Å². The molecular formula is C47H70O23. The molecule has 0 aromatic carbocycles. The van der Waals surface area contributed by atoms with Crippen LogP contribution >= 0.6 is 0 Å². The summed E-state index contributed by atoms with van der Waals surface area (Å²) in [7, 11) is 0. The number of allylic oxidation sites excluding steroid dienone is 1. The lowest BCUT2D eigenvalue weighted by atomic mass is 9.51. The molecule has 1 saturated carbocycles. The molecule has 10 aliphatic rings. The summed E-state index contributed by atoms with van der Waals surface area (Å²) in [5.74, 6) is -3.41. The number of Topliss-reactive ketones (excluding diaryl/α,β-unsaturated/α-hetero) is 1. The van der Waals surface area contributed by atoms with E-state index in [0.29, 0.717) is 31.3 Å². The molecule has 0 amide bonds. The summed E-state index contributed by atoms with van der Waals surface area (Å²) in [5.41, 5.74) is -0.418. The van der Waals surface area contributed by atoms with Crippen LogP contribution < -0.4 is 0 Å². The van der Waals surface area contributed by atoms with Crippen LogP contribution in [0.15, 0.2) is 22.8 Å². The number of aliphatic hydroxyl groups is 12. The Bertz CT molecular complexity index is 2010. The van der Waals surface area contributed by atoms with Gasteiger partial charge in [-0.3, -0.25) is 4.79 Å². The molecule has 6 heterocycles. The number of aliphatic hydroxyl groups excluding tert-OH is 11. The van der Waals surface area contributed by atoms with Gasteiger partial charge in [0.2, 0.25) is 5.79 Å². The minimum absolute atomic E-state index is 0.0849. The maximum Gasteiger partial charge on any atom is 0.201 e. The van der Waals surface area contributed by atoms with E-state index >= 15 is 0 Å². The van der Waals surface area contributed by atoms with E-state index in [4.69, 9.17) is 47.4 Å². The Hall–Kier alpha value is -1.73. The Morgan fingerprint density at radius 2 is 1.44 bits per heavy atom. The summed E-state index contributed by atoms with van der Waals surface area (Å²) in [6.45, 7) is 4.99.